The highest BCUT2D eigenvalue weighted by Gasteiger charge is 2.16. The Labute approximate surface area is 100 Å². The second kappa shape index (κ2) is 5.72. The first-order valence-corrected chi connectivity index (χ1v) is 6.00. The molecule has 92 valence electrons. The van der Waals surface area contributed by atoms with E-state index in [1.165, 1.54) is 38.2 Å². The fourth-order valence-electron chi connectivity index (χ4n) is 1.97. The number of carbonyl (C=O) groups is 1. The van der Waals surface area contributed by atoms with Crippen LogP contribution in [0.1, 0.15) is 41.7 Å². The number of hydrogen-bond donors (Lipinski definition) is 2. The van der Waals surface area contributed by atoms with Gasteiger partial charge in [-0.15, -0.1) is 0 Å². The summed E-state index contributed by atoms with van der Waals surface area (Å²) in [6.45, 7) is 1.42. The molecule has 5 heteroatoms. The fraction of sp³-hybridized carbons (Fsp3) is 0.583. The van der Waals surface area contributed by atoms with Crippen LogP contribution in [0.2, 0.25) is 0 Å². The molecule has 1 aliphatic rings. The van der Waals surface area contributed by atoms with Crippen molar-refractivity contribution < 1.29 is 9.90 Å². The van der Waals surface area contributed by atoms with Crippen LogP contribution in [0.3, 0.4) is 0 Å². The van der Waals surface area contributed by atoms with Crippen LogP contribution in [0, 0.1) is 5.92 Å². The number of aromatic carboxylic acids is 1. The highest BCUT2D eigenvalue weighted by atomic mass is 16.4. The molecule has 0 saturated heterocycles. The molecule has 2 rings (SSSR count). The largest absolute Gasteiger partial charge is 0.478 e. The van der Waals surface area contributed by atoms with Crippen molar-refractivity contribution in [1.82, 2.24) is 15.3 Å². The van der Waals surface area contributed by atoms with Crippen LogP contribution < -0.4 is 5.32 Å². The zero-order chi connectivity index (χ0) is 12.1. The zero-order valence-corrected chi connectivity index (χ0v) is 9.72. The van der Waals surface area contributed by atoms with Crippen molar-refractivity contribution in [2.24, 2.45) is 5.92 Å². The van der Waals surface area contributed by atoms with Crippen molar-refractivity contribution in [2.75, 3.05) is 6.54 Å². The van der Waals surface area contributed by atoms with Gasteiger partial charge in [0.15, 0.2) is 0 Å². The Morgan fingerprint density at radius 3 is 3.00 bits per heavy atom. The summed E-state index contributed by atoms with van der Waals surface area (Å²) in [6.07, 6.45) is 7.95. The molecule has 0 bridgehead atoms. The second-order valence-corrected chi connectivity index (χ2v) is 4.45. The summed E-state index contributed by atoms with van der Waals surface area (Å²) >= 11 is 0. The van der Waals surface area contributed by atoms with E-state index in [-0.39, 0.29) is 5.56 Å². The zero-order valence-electron chi connectivity index (χ0n) is 9.72. The van der Waals surface area contributed by atoms with E-state index in [2.05, 4.69) is 15.3 Å². The van der Waals surface area contributed by atoms with Crippen LogP contribution in [0.15, 0.2) is 12.5 Å². The Kier molecular flexibility index (Phi) is 4.03. The van der Waals surface area contributed by atoms with E-state index in [9.17, 15) is 4.79 Å². The van der Waals surface area contributed by atoms with Crippen LogP contribution in [-0.4, -0.2) is 27.6 Å². The van der Waals surface area contributed by atoms with Crippen molar-refractivity contribution in [3.05, 3.63) is 23.8 Å². The third kappa shape index (κ3) is 3.23. The molecule has 1 aromatic rings. The van der Waals surface area contributed by atoms with Gasteiger partial charge in [-0.05, 0) is 18.9 Å². The first-order valence-electron chi connectivity index (χ1n) is 6.00. The van der Waals surface area contributed by atoms with Gasteiger partial charge in [0.1, 0.15) is 11.9 Å². The normalized spacial score (nSPS) is 15.5. The van der Waals surface area contributed by atoms with Crippen molar-refractivity contribution in [3.8, 4) is 0 Å². The lowest BCUT2D eigenvalue weighted by atomic mass is 9.83. The highest BCUT2D eigenvalue weighted by molar-refractivity contribution is 5.88. The number of nitrogens with zero attached hydrogens (tertiary/aromatic N) is 2. The van der Waals surface area contributed by atoms with E-state index in [1.54, 1.807) is 0 Å². The number of hydrogen-bond acceptors (Lipinski definition) is 4. The first-order chi connectivity index (χ1) is 8.27. The van der Waals surface area contributed by atoms with Gasteiger partial charge in [0.25, 0.3) is 0 Å². The number of rotatable bonds is 6. The molecule has 2 N–H and O–H groups in total. The molecular formula is C12H17N3O2. The topological polar surface area (TPSA) is 75.1 Å². The van der Waals surface area contributed by atoms with Gasteiger partial charge in [-0.2, -0.15) is 0 Å². The molecule has 1 saturated carbocycles. The molecule has 5 nitrogen and oxygen atoms in total. The van der Waals surface area contributed by atoms with Crippen LogP contribution in [0.4, 0.5) is 0 Å². The first kappa shape index (κ1) is 12.0. The predicted molar refractivity (Wildman–Crippen MR) is 62.7 cm³/mol. The standard InChI is InChI=1S/C12H17N3O2/c16-12(17)10-6-14-8-15-11(10)7-13-5-4-9-2-1-3-9/h6,8-9,13H,1-5,7H2,(H,16,17). The lowest BCUT2D eigenvalue weighted by Gasteiger charge is -2.25. The summed E-state index contributed by atoms with van der Waals surface area (Å²) in [4.78, 5) is 18.6. The average molecular weight is 235 g/mol. The minimum absolute atomic E-state index is 0.184. The Hall–Kier alpha value is -1.49. The van der Waals surface area contributed by atoms with E-state index < -0.39 is 5.97 Å². The molecule has 1 aliphatic carbocycles. The quantitative estimate of drug-likeness (QED) is 0.730. The lowest BCUT2D eigenvalue weighted by molar-refractivity contribution is 0.0694. The van der Waals surface area contributed by atoms with Crippen LogP contribution in [-0.2, 0) is 6.54 Å². The Bertz CT molecular complexity index is 391. The Morgan fingerprint density at radius 1 is 1.53 bits per heavy atom. The molecule has 0 aromatic carbocycles. The van der Waals surface area contributed by atoms with Gasteiger partial charge in [0.2, 0.25) is 0 Å². The van der Waals surface area contributed by atoms with E-state index >= 15 is 0 Å². The third-order valence-electron chi connectivity index (χ3n) is 3.27. The summed E-state index contributed by atoms with van der Waals surface area (Å²) in [5.74, 6) is -0.103. The van der Waals surface area contributed by atoms with Crippen molar-refractivity contribution in [1.29, 1.82) is 0 Å². The molecule has 17 heavy (non-hydrogen) atoms. The van der Waals surface area contributed by atoms with Crippen LogP contribution >= 0.6 is 0 Å². The lowest BCUT2D eigenvalue weighted by Crippen LogP contribution is -2.22. The maximum Gasteiger partial charge on any atom is 0.339 e. The highest BCUT2D eigenvalue weighted by Crippen LogP contribution is 2.28. The van der Waals surface area contributed by atoms with Crippen molar-refractivity contribution in [3.63, 3.8) is 0 Å². The molecule has 0 atom stereocenters. The van der Waals surface area contributed by atoms with E-state index in [1.807, 2.05) is 0 Å². The molecule has 0 aliphatic heterocycles. The molecule has 0 unspecified atom stereocenters. The third-order valence-corrected chi connectivity index (χ3v) is 3.27. The number of nitrogens with one attached hydrogen (secondary N) is 1. The minimum Gasteiger partial charge on any atom is -0.478 e. The SMILES string of the molecule is O=C(O)c1cncnc1CNCCC1CCC1. The molecule has 1 aromatic heterocycles. The van der Waals surface area contributed by atoms with E-state index in [0.29, 0.717) is 12.2 Å². The number of carboxylic acid groups (broad SMARTS) is 1. The van der Waals surface area contributed by atoms with Crippen LogP contribution in [0.25, 0.3) is 0 Å². The van der Waals surface area contributed by atoms with E-state index in [4.69, 9.17) is 5.11 Å². The van der Waals surface area contributed by atoms with Gasteiger partial charge in [-0.3, -0.25) is 0 Å². The van der Waals surface area contributed by atoms with Gasteiger partial charge < -0.3 is 10.4 Å². The smallest absolute Gasteiger partial charge is 0.339 e. The van der Waals surface area contributed by atoms with Gasteiger partial charge >= 0.3 is 5.97 Å². The van der Waals surface area contributed by atoms with Crippen LogP contribution in [0.5, 0.6) is 0 Å². The van der Waals surface area contributed by atoms with Gasteiger partial charge in [-0.1, -0.05) is 19.3 Å². The molecule has 0 radical (unpaired) electrons. The minimum atomic E-state index is -0.971. The molecule has 1 heterocycles. The summed E-state index contributed by atoms with van der Waals surface area (Å²) in [5.41, 5.74) is 0.741. The van der Waals surface area contributed by atoms with Gasteiger partial charge in [-0.25, -0.2) is 14.8 Å². The summed E-state index contributed by atoms with van der Waals surface area (Å²) in [5, 5.41) is 12.2. The molecular weight excluding hydrogens is 218 g/mol. The Morgan fingerprint density at radius 2 is 2.35 bits per heavy atom. The number of carboxylic acids is 1. The van der Waals surface area contributed by atoms with E-state index in [0.717, 1.165) is 12.5 Å². The molecule has 1 fully saturated rings. The van der Waals surface area contributed by atoms with Gasteiger partial charge in [0, 0.05) is 12.7 Å². The number of aromatic nitrogens is 2. The van der Waals surface area contributed by atoms with Crippen molar-refractivity contribution in [2.45, 2.75) is 32.2 Å². The summed E-state index contributed by atoms with van der Waals surface area (Å²) in [7, 11) is 0. The van der Waals surface area contributed by atoms with Crippen molar-refractivity contribution >= 4 is 5.97 Å². The molecule has 0 amide bonds. The maximum atomic E-state index is 10.9. The average Bonchev–Trinajstić information content (AvgIpc) is 2.26. The summed E-state index contributed by atoms with van der Waals surface area (Å²) < 4.78 is 0. The van der Waals surface area contributed by atoms with Gasteiger partial charge in [0.05, 0.1) is 5.69 Å². The predicted octanol–water partition coefficient (Wildman–Crippen LogP) is 1.45. The monoisotopic (exact) mass is 235 g/mol. The second-order valence-electron chi connectivity index (χ2n) is 4.45. The fourth-order valence-corrected chi connectivity index (χ4v) is 1.97. The maximum absolute atomic E-state index is 10.9. The molecule has 0 spiro atoms. The Balaban J connectivity index is 1.79. The summed E-state index contributed by atoms with van der Waals surface area (Å²) in [6, 6.07) is 0.